The van der Waals surface area contributed by atoms with Crippen molar-refractivity contribution in [3.8, 4) is 0 Å². The van der Waals surface area contributed by atoms with E-state index < -0.39 is 10.0 Å². The number of hydrogen-bond donors (Lipinski definition) is 2. The Balaban J connectivity index is 1.58. The van der Waals surface area contributed by atoms with E-state index in [0.29, 0.717) is 18.2 Å². The molecule has 5 nitrogen and oxygen atoms in total. The molecule has 0 bridgehead atoms. The number of benzene rings is 2. The quantitative estimate of drug-likeness (QED) is 0.799. The molecule has 132 valence electrons. The zero-order valence-corrected chi connectivity index (χ0v) is 15.0. The summed E-state index contributed by atoms with van der Waals surface area (Å²) in [6, 6.07) is 14.7. The number of hydrogen-bond acceptors (Lipinski definition) is 3. The second-order valence-corrected chi connectivity index (χ2v) is 8.29. The van der Waals surface area contributed by atoms with Crippen LogP contribution in [0.15, 0.2) is 48.5 Å². The van der Waals surface area contributed by atoms with Crippen molar-refractivity contribution < 1.29 is 13.2 Å². The second-order valence-electron chi connectivity index (χ2n) is 6.57. The largest absolute Gasteiger partial charge is 0.353 e. The van der Waals surface area contributed by atoms with E-state index in [4.69, 9.17) is 0 Å². The normalized spacial score (nSPS) is 14.1. The molecule has 25 heavy (non-hydrogen) atoms. The standard InChI is InChI=1S/C19H22N2O3S/c1-14-3-2-4-16(11-14)13-25(23,24)21-18-7-5-15(6-8-18)12-19(22)20-17-9-10-17/h2-8,11,17,21H,9-10,12-13H2,1H3,(H,20,22). The van der Waals surface area contributed by atoms with Gasteiger partial charge in [-0.3, -0.25) is 9.52 Å². The van der Waals surface area contributed by atoms with Crippen LogP contribution in [0.5, 0.6) is 0 Å². The van der Waals surface area contributed by atoms with Crippen LogP contribution in [0.1, 0.15) is 29.5 Å². The van der Waals surface area contributed by atoms with E-state index in [0.717, 1.165) is 29.5 Å². The maximum atomic E-state index is 12.3. The molecule has 0 radical (unpaired) electrons. The number of nitrogens with one attached hydrogen (secondary N) is 2. The van der Waals surface area contributed by atoms with E-state index in [2.05, 4.69) is 10.0 Å². The van der Waals surface area contributed by atoms with Crippen LogP contribution in [-0.4, -0.2) is 20.4 Å². The predicted octanol–water partition coefficient (Wildman–Crippen LogP) is 2.76. The molecule has 0 saturated heterocycles. The van der Waals surface area contributed by atoms with Crippen molar-refractivity contribution in [1.82, 2.24) is 5.32 Å². The van der Waals surface area contributed by atoms with Gasteiger partial charge in [0.1, 0.15) is 0 Å². The molecule has 0 aliphatic heterocycles. The van der Waals surface area contributed by atoms with E-state index in [1.165, 1.54) is 0 Å². The van der Waals surface area contributed by atoms with Crippen molar-refractivity contribution in [2.24, 2.45) is 0 Å². The number of carbonyl (C=O) groups excluding carboxylic acids is 1. The van der Waals surface area contributed by atoms with Crippen LogP contribution in [0.3, 0.4) is 0 Å². The van der Waals surface area contributed by atoms with Gasteiger partial charge in [0.2, 0.25) is 15.9 Å². The summed E-state index contributed by atoms with van der Waals surface area (Å²) in [5.41, 5.74) is 3.14. The summed E-state index contributed by atoms with van der Waals surface area (Å²) in [4.78, 5) is 11.8. The lowest BCUT2D eigenvalue weighted by Crippen LogP contribution is -2.26. The third-order valence-electron chi connectivity index (χ3n) is 3.97. The minimum Gasteiger partial charge on any atom is -0.353 e. The van der Waals surface area contributed by atoms with Crippen LogP contribution in [0.2, 0.25) is 0 Å². The first-order chi connectivity index (χ1) is 11.9. The Kier molecular flexibility index (Phi) is 5.08. The fourth-order valence-corrected chi connectivity index (χ4v) is 3.81. The van der Waals surface area contributed by atoms with Crippen LogP contribution >= 0.6 is 0 Å². The monoisotopic (exact) mass is 358 g/mol. The van der Waals surface area contributed by atoms with Gasteiger partial charge < -0.3 is 5.32 Å². The van der Waals surface area contributed by atoms with Crippen molar-refractivity contribution in [2.75, 3.05) is 4.72 Å². The van der Waals surface area contributed by atoms with Gasteiger partial charge in [0, 0.05) is 11.7 Å². The van der Waals surface area contributed by atoms with E-state index in [1.807, 2.05) is 25.1 Å². The van der Waals surface area contributed by atoms with Gasteiger partial charge in [0.05, 0.1) is 12.2 Å². The van der Waals surface area contributed by atoms with Crippen LogP contribution in [0.4, 0.5) is 5.69 Å². The Bertz CT molecular complexity index is 856. The first-order valence-corrected chi connectivity index (χ1v) is 9.99. The van der Waals surface area contributed by atoms with Crippen LogP contribution < -0.4 is 10.0 Å². The maximum Gasteiger partial charge on any atom is 0.236 e. The van der Waals surface area contributed by atoms with Gasteiger partial charge >= 0.3 is 0 Å². The van der Waals surface area contributed by atoms with E-state index in [9.17, 15) is 13.2 Å². The van der Waals surface area contributed by atoms with E-state index >= 15 is 0 Å². The fraction of sp³-hybridized carbons (Fsp3) is 0.316. The van der Waals surface area contributed by atoms with Crippen molar-refractivity contribution in [3.05, 3.63) is 65.2 Å². The Morgan fingerprint density at radius 2 is 1.80 bits per heavy atom. The minimum atomic E-state index is -3.48. The van der Waals surface area contributed by atoms with Gasteiger partial charge in [0.15, 0.2) is 0 Å². The van der Waals surface area contributed by atoms with Crippen molar-refractivity contribution in [2.45, 2.75) is 38.0 Å². The Hall–Kier alpha value is -2.34. The molecule has 0 heterocycles. The highest BCUT2D eigenvalue weighted by atomic mass is 32.2. The number of rotatable bonds is 7. The molecule has 0 unspecified atom stereocenters. The zero-order chi connectivity index (χ0) is 17.9. The first kappa shape index (κ1) is 17.5. The Labute approximate surface area is 148 Å². The second kappa shape index (κ2) is 7.27. The zero-order valence-electron chi connectivity index (χ0n) is 14.2. The topological polar surface area (TPSA) is 75.3 Å². The molecule has 1 fully saturated rings. The molecule has 3 rings (SSSR count). The minimum absolute atomic E-state index is 0.00952. The van der Waals surface area contributed by atoms with Gasteiger partial charge in [-0.15, -0.1) is 0 Å². The predicted molar refractivity (Wildman–Crippen MR) is 98.7 cm³/mol. The molecule has 2 N–H and O–H groups in total. The summed E-state index contributed by atoms with van der Waals surface area (Å²) in [5, 5.41) is 2.94. The number of carbonyl (C=O) groups is 1. The highest BCUT2D eigenvalue weighted by Gasteiger charge is 2.23. The molecule has 1 saturated carbocycles. The molecule has 1 aliphatic carbocycles. The van der Waals surface area contributed by atoms with Gasteiger partial charge in [-0.2, -0.15) is 0 Å². The Morgan fingerprint density at radius 3 is 2.44 bits per heavy atom. The summed E-state index contributed by atoms with van der Waals surface area (Å²) >= 11 is 0. The first-order valence-electron chi connectivity index (χ1n) is 8.34. The number of aryl methyl sites for hydroxylation is 1. The lowest BCUT2D eigenvalue weighted by Gasteiger charge is -2.09. The SMILES string of the molecule is Cc1cccc(CS(=O)(=O)Nc2ccc(CC(=O)NC3CC3)cc2)c1. The molecule has 2 aromatic rings. The summed E-state index contributed by atoms with van der Waals surface area (Å²) in [7, 11) is -3.48. The third-order valence-corrected chi connectivity index (χ3v) is 5.23. The highest BCUT2D eigenvalue weighted by molar-refractivity contribution is 7.91. The highest BCUT2D eigenvalue weighted by Crippen LogP contribution is 2.19. The summed E-state index contributed by atoms with van der Waals surface area (Å²) in [6.45, 7) is 1.93. The summed E-state index contributed by atoms with van der Waals surface area (Å²) in [5.74, 6) is -0.0597. The Morgan fingerprint density at radius 1 is 1.08 bits per heavy atom. The lowest BCUT2D eigenvalue weighted by atomic mass is 10.1. The fourth-order valence-electron chi connectivity index (χ4n) is 2.62. The van der Waals surface area contributed by atoms with Gasteiger partial charge in [0.25, 0.3) is 0 Å². The molecular formula is C19H22N2O3S. The van der Waals surface area contributed by atoms with Gasteiger partial charge in [-0.05, 0) is 43.0 Å². The van der Waals surface area contributed by atoms with Crippen LogP contribution in [-0.2, 0) is 27.0 Å². The van der Waals surface area contributed by atoms with Crippen molar-refractivity contribution in [3.63, 3.8) is 0 Å². The van der Waals surface area contributed by atoms with Crippen molar-refractivity contribution in [1.29, 1.82) is 0 Å². The molecule has 1 aliphatic rings. The molecule has 0 aromatic heterocycles. The smallest absolute Gasteiger partial charge is 0.236 e. The van der Waals surface area contributed by atoms with Crippen LogP contribution in [0.25, 0.3) is 0 Å². The van der Waals surface area contributed by atoms with E-state index in [1.54, 1.807) is 30.3 Å². The lowest BCUT2D eigenvalue weighted by molar-refractivity contribution is -0.120. The maximum absolute atomic E-state index is 12.3. The molecule has 0 atom stereocenters. The van der Waals surface area contributed by atoms with Gasteiger partial charge in [-0.1, -0.05) is 42.0 Å². The van der Waals surface area contributed by atoms with Crippen LogP contribution in [0, 0.1) is 6.92 Å². The molecule has 0 spiro atoms. The third kappa shape index (κ3) is 5.60. The molecule has 6 heteroatoms. The average Bonchev–Trinajstić information content (AvgIpc) is 3.32. The number of anilines is 1. The summed E-state index contributed by atoms with van der Waals surface area (Å²) in [6.07, 6.45) is 2.44. The average molecular weight is 358 g/mol. The molecular weight excluding hydrogens is 336 g/mol. The summed E-state index contributed by atoms with van der Waals surface area (Å²) < 4.78 is 27.2. The molecule has 1 amide bonds. The van der Waals surface area contributed by atoms with Gasteiger partial charge in [-0.25, -0.2) is 8.42 Å². The van der Waals surface area contributed by atoms with E-state index in [-0.39, 0.29) is 11.7 Å². The molecule has 2 aromatic carbocycles. The number of sulfonamides is 1. The van der Waals surface area contributed by atoms with Crippen molar-refractivity contribution >= 4 is 21.6 Å². The number of amides is 1.